The number of halogens is 1. The second-order valence-electron chi connectivity index (χ2n) is 5.48. The molecule has 1 N–H and O–H groups in total. The van der Waals surface area contributed by atoms with Crippen molar-refractivity contribution in [1.82, 2.24) is 10.2 Å². The predicted molar refractivity (Wildman–Crippen MR) is 95.0 cm³/mol. The van der Waals surface area contributed by atoms with E-state index in [-0.39, 0.29) is 28.6 Å². The molecule has 0 saturated heterocycles. The first-order valence-corrected chi connectivity index (χ1v) is 8.60. The Kier molecular flexibility index (Phi) is 5.14. The molecule has 3 aromatic rings. The topological polar surface area (TPSA) is 68.0 Å². The molecule has 0 aliphatic heterocycles. The fraction of sp³-hybridized carbons (Fsp3) is 0.167. The lowest BCUT2D eigenvalue weighted by Gasteiger charge is -2.10. The van der Waals surface area contributed by atoms with Crippen molar-refractivity contribution in [3.8, 4) is 11.5 Å². The first kappa shape index (κ1) is 17.2. The number of nitrogens with zero attached hydrogens (tertiary/aromatic N) is 2. The third-order valence-electron chi connectivity index (χ3n) is 3.57. The van der Waals surface area contributed by atoms with Crippen LogP contribution in [0.25, 0.3) is 11.5 Å². The number of amides is 1. The SMILES string of the molecule is Cc1cccc(C)c1NC(=O)CSc1nnc(-c2ccc(F)cc2)o1. The number of aromatic nitrogens is 2. The Morgan fingerprint density at radius 3 is 2.48 bits per heavy atom. The highest BCUT2D eigenvalue weighted by Crippen LogP contribution is 2.24. The Balaban J connectivity index is 1.60. The average molecular weight is 357 g/mol. The molecule has 128 valence electrons. The summed E-state index contributed by atoms with van der Waals surface area (Å²) in [5.41, 5.74) is 3.47. The van der Waals surface area contributed by atoms with Crippen LogP contribution in [0, 0.1) is 19.7 Å². The van der Waals surface area contributed by atoms with Crippen LogP contribution in [0.1, 0.15) is 11.1 Å². The van der Waals surface area contributed by atoms with Gasteiger partial charge in [0.05, 0.1) is 5.75 Å². The van der Waals surface area contributed by atoms with Crippen LogP contribution in [0.4, 0.5) is 10.1 Å². The number of aryl methyl sites for hydroxylation is 2. The van der Waals surface area contributed by atoms with Gasteiger partial charge in [-0.2, -0.15) is 0 Å². The molecule has 0 unspecified atom stereocenters. The Bertz CT molecular complexity index is 873. The minimum Gasteiger partial charge on any atom is -0.411 e. The number of nitrogens with one attached hydrogen (secondary N) is 1. The average Bonchev–Trinajstić information content (AvgIpc) is 3.06. The van der Waals surface area contributed by atoms with Crippen molar-refractivity contribution >= 4 is 23.4 Å². The van der Waals surface area contributed by atoms with E-state index >= 15 is 0 Å². The largest absolute Gasteiger partial charge is 0.411 e. The number of hydrogen-bond acceptors (Lipinski definition) is 5. The van der Waals surface area contributed by atoms with Gasteiger partial charge in [0.2, 0.25) is 11.8 Å². The predicted octanol–water partition coefficient (Wildman–Crippen LogP) is 4.22. The Labute approximate surface area is 148 Å². The van der Waals surface area contributed by atoms with Crippen LogP contribution in [0.2, 0.25) is 0 Å². The van der Waals surface area contributed by atoms with Crippen LogP contribution in [-0.2, 0) is 4.79 Å². The first-order valence-electron chi connectivity index (χ1n) is 7.61. The van der Waals surface area contributed by atoms with Gasteiger partial charge in [0.15, 0.2) is 0 Å². The van der Waals surface area contributed by atoms with Crippen LogP contribution in [0.3, 0.4) is 0 Å². The molecule has 0 bridgehead atoms. The maximum Gasteiger partial charge on any atom is 0.277 e. The number of anilines is 1. The van der Waals surface area contributed by atoms with Gasteiger partial charge in [0, 0.05) is 11.3 Å². The molecule has 3 rings (SSSR count). The van der Waals surface area contributed by atoms with Crippen molar-refractivity contribution in [1.29, 1.82) is 0 Å². The van der Waals surface area contributed by atoms with E-state index in [9.17, 15) is 9.18 Å². The lowest BCUT2D eigenvalue weighted by Crippen LogP contribution is -2.15. The van der Waals surface area contributed by atoms with Crippen molar-refractivity contribution in [3.63, 3.8) is 0 Å². The maximum atomic E-state index is 12.9. The molecule has 0 spiro atoms. The summed E-state index contributed by atoms with van der Waals surface area (Å²) in [6.07, 6.45) is 0. The molecular weight excluding hydrogens is 341 g/mol. The van der Waals surface area contributed by atoms with E-state index in [0.717, 1.165) is 28.6 Å². The summed E-state index contributed by atoms with van der Waals surface area (Å²) in [4.78, 5) is 12.1. The van der Waals surface area contributed by atoms with Gasteiger partial charge < -0.3 is 9.73 Å². The molecule has 7 heteroatoms. The summed E-state index contributed by atoms with van der Waals surface area (Å²) in [6.45, 7) is 3.89. The summed E-state index contributed by atoms with van der Waals surface area (Å²) in [5, 5.41) is 11.0. The smallest absolute Gasteiger partial charge is 0.277 e. The van der Waals surface area contributed by atoms with E-state index in [0.29, 0.717) is 5.56 Å². The molecule has 5 nitrogen and oxygen atoms in total. The van der Waals surface area contributed by atoms with Gasteiger partial charge in [0.25, 0.3) is 5.22 Å². The number of carbonyl (C=O) groups excluding carboxylic acids is 1. The van der Waals surface area contributed by atoms with Crippen LogP contribution in [0.15, 0.2) is 52.1 Å². The summed E-state index contributed by atoms with van der Waals surface area (Å²) in [6, 6.07) is 11.6. The van der Waals surface area contributed by atoms with Gasteiger partial charge in [-0.1, -0.05) is 30.0 Å². The molecule has 0 radical (unpaired) electrons. The van der Waals surface area contributed by atoms with Crippen molar-refractivity contribution < 1.29 is 13.6 Å². The summed E-state index contributed by atoms with van der Waals surface area (Å²) < 4.78 is 18.4. The molecule has 1 amide bonds. The van der Waals surface area contributed by atoms with Gasteiger partial charge in [-0.05, 0) is 49.2 Å². The number of benzene rings is 2. The van der Waals surface area contributed by atoms with Crippen molar-refractivity contribution in [2.24, 2.45) is 0 Å². The first-order chi connectivity index (χ1) is 12.0. The Morgan fingerprint density at radius 1 is 1.12 bits per heavy atom. The molecule has 0 aliphatic rings. The van der Waals surface area contributed by atoms with E-state index < -0.39 is 0 Å². The summed E-state index contributed by atoms with van der Waals surface area (Å²) in [7, 11) is 0. The Morgan fingerprint density at radius 2 is 1.80 bits per heavy atom. The minimum absolute atomic E-state index is 0.149. The molecule has 2 aromatic carbocycles. The van der Waals surface area contributed by atoms with E-state index in [4.69, 9.17) is 4.42 Å². The molecule has 1 aromatic heterocycles. The molecule has 0 saturated carbocycles. The van der Waals surface area contributed by atoms with Gasteiger partial charge in [-0.25, -0.2) is 4.39 Å². The van der Waals surface area contributed by atoms with E-state index in [1.807, 2.05) is 32.0 Å². The zero-order valence-electron chi connectivity index (χ0n) is 13.7. The highest BCUT2D eigenvalue weighted by atomic mass is 32.2. The number of carbonyl (C=O) groups is 1. The number of para-hydroxylation sites is 1. The maximum absolute atomic E-state index is 12.9. The third kappa shape index (κ3) is 4.24. The summed E-state index contributed by atoms with van der Waals surface area (Å²) >= 11 is 1.15. The standard InChI is InChI=1S/C18H16FN3O2S/c1-11-4-3-5-12(2)16(11)20-15(23)10-25-18-22-21-17(24-18)13-6-8-14(19)9-7-13/h3-9H,10H2,1-2H3,(H,20,23). The van der Waals surface area contributed by atoms with Crippen molar-refractivity contribution in [3.05, 3.63) is 59.4 Å². The lowest BCUT2D eigenvalue weighted by atomic mass is 10.1. The fourth-order valence-electron chi connectivity index (χ4n) is 2.29. The van der Waals surface area contributed by atoms with Crippen LogP contribution < -0.4 is 5.32 Å². The molecule has 0 aliphatic carbocycles. The highest BCUT2D eigenvalue weighted by Gasteiger charge is 2.12. The normalized spacial score (nSPS) is 10.7. The zero-order chi connectivity index (χ0) is 17.8. The van der Waals surface area contributed by atoms with Gasteiger partial charge in [-0.3, -0.25) is 4.79 Å². The van der Waals surface area contributed by atoms with Crippen LogP contribution in [-0.4, -0.2) is 21.9 Å². The van der Waals surface area contributed by atoms with E-state index in [2.05, 4.69) is 15.5 Å². The molecule has 0 atom stereocenters. The molecule has 1 heterocycles. The quantitative estimate of drug-likeness (QED) is 0.692. The second-order valence-corrected chi connectivity index (χ2v) is 6.41. The van der Waals surface area contributed by atoms with Crippen LogP contribution in [0.5, 0.6) is 0 Å². The van der Waals surface area contributed by atoms with E-state index in [1.165, 1.54) is 12.1 Å². The summed E-state index contributed by atoms with van der Waals surface area (Å²) in [5.74, 6) is -0.0404. The third-order valence-corrected chi connectivity index (χ3v) is 4.39. The second kappa shape index (κ2) is 7.48. The fourth-order valence-corrected chi connectivity index (χ4v) is 2.85. The molecular formula is C18H16FN3O2S. The lowest BCUT2D eigenvalue weighted by molar-refractivity contribution is -0.113. The molecule has 0 fully saturated rings. The zero-order valence-corrected chi connectivity index (χ0v) is 14.6. The van der Waals surface area contributed by atoms with E-state index in [1.54, 1.807) is 12.1 Å². The van der Waals surface area contributed by atoms with Crippen molar-refractivity contribution in [2.45, 2.75) is 19.1 Å². The number of thioether (sulfide) groups is 1. The van der Waals surface area contributed by atoms with Crippen LogP contribution >= 0.6 is 11.8 Å². The van der Waals surface area contributed by atoms with Gasteiger partial charge >= 0.3 is 0 Å². The number of rotatable bonds is 5. The monoisotopic (exact) mass is 357 g/mol. The molecule has 25 heavy (non-hydrogen) atoms. The van der Waals surface area contributed by atoms with Gasteiger partial charge in [0.1, 0.15) is 5.82 Å². The van der Waals surface area contributed by atoms with Gasteiger partial charge in [-0.15, -0.1) is 10.2 Å². The number of hydrogen-bond donors (Lipinski definition) is 1. The highest BCUT2D eigenvalue weighted by molar-refractivity contribution is 7.99. The Hall–Kier alpha value is -2.67. The van der Waals surface area contributed by atoms with Crippen molar-refractivity contribution in [2.75, 3.05) is 11.1 Å². The minimum atomic E-state index is -0.332.